The molecule has 0 unspecified atom stereocenters. The van der Waals surface area contributed by atoms with E-state index in [-0.39, 0.29) is 10.6 Å². The molecule has 4 aromatic rings. The van der Waals surface area contributed by atoms with Crippen LogP contribution in [0.1, 0.15) is 36.0 Å². The first-order valence-electron chi connectivity index (χ1n) is 13.8. The van der Waals surface area contributed by atoms with Crippen molar-refractivity contribution in [1.29, 1.82) is 0 Å². The van der Waals surface area contributed by atoms with Gasteiger partial charge in [-0.1, -0.05) is 67.1 Å². The lowest BCUT2D eigenvalue weighted by molar-refractivity contribution is -0.384. The third-order valence-electron chi connectivity index (χ3n) is 7.73. The number of amides is 1. The van der Waals surface area contributed by atoms with Gasteiger partial charge in [0, 0.05) is 17.8 Å². The fraction of sp³-hybridized carbons (Fsp3) is 0.219. The van der Waals surface area contributed by atoms with Crippen molar-refractivity contribution in [1.82, 2.24) is 5.32 Å². The standard InChI is InChI=1S/C32H28F3N3O5S/c33-32(34,35)21-36-30(39)31(28-10-3-1-8-26(28)27-9-2-4-11-29(27)31)20-6-5-7-22-12-14-23(15-13-22)37-44(42,43)25-18-16-24(17-19-25)38(40)41/h1-4,8-19,37H,5-7,20-21H2,(H,36,39). The Bertz CT molecular complexity index is 1750. The average Bonchev–Trinajstić information content (AvgIpc) is 3.29. The Kier molecular flexibility index (Phi) is 8.46. The monoisotopic (exact) mass is 623 g/mol. The third-order valence-corrected chi connectivity index (χ3v) is 9.13. The van der Waals surface area contributed by atoms with Crippen LogP contribution in [-0.2, 0) is 26.7 Å². The number of aryl methyl sites for hydroxylation is 1. The van der Waals surface area contributed by atoms with Gasteiger partial charge in [-0.2, -0.15) is 13.2 Å². The Labute approximate surface area is 252 Å². The number of alkyl halides is 3. The number of sulfonamides is 1. The fourth-order valence-electron chi connectivity index (χ4n) is 5.70. The molecule has 1 aliphatic carbocycles. The Morgan fingerprint density at radius 1 is 0.818 bits per heavy atom. The first kappa shape index (κ1) is 30.7. The van der Waals surface area contributed by atoms with E-state index < -0.39 is 39.0 Å². The Morgan fingerprint density at radius 2 is 1.39 bits per heavy atom. The predicted octanol–water partition coefficient (Wildman–Crippen LogP) is 6.75. The maximum absolute atomic E-state index is 13.6. The maximum Gasteiger partial charge on any atom is 0.405 e. The van der Waals surface area contributed by atoms with Gasteiger partial charge in [0.15, 0.2) is 0 Å². The number of nitro benzene ring substituents is 1. The summed E-state index contributed by atoms with van der Waals surface area (Å²) in [7, 11) is -3.96. The number of halogens is 3. The minimum Gasteiger partial charge on any atom is -0.346 e. The van der Waals surface area contributed by atoms with E-state index in [9.17, 15) is 36.5 Å². The van der Waals surface area contributed by atoms with Gasteiger partial charge in [-0.15, -0.1) is 0 Å². The molecular formula is C32H28F3N3O5S. The molecule has 0 aliphatic heterocycles. The average molecular weight is 624 g/mol. The highest BCUT2D eigenvalue weighted by molar-refractivity contribution is 7.92. The molecule has 0 radical (unpaired) electrons. The van der Waals surface area contributed by atoms with Crippen LogP contribution in [0, 0.1) is 10.1 Å². The van der Waals surface area contributed by atoms with Crippen molar-refractivity contribution in [2.24, 2.45) is 0 Å². The number of unbranched alkanes of at least 4 members (excludes halogenated alkanes) is 1. The third kappa shape index (κ3) is 6.30. The molecule has 0 spiro atoms. The van der Waals surface area contributed by atoms with Crippen molar-refractivity contribution >= 4 is 27.3 Å². The minimum atomic E-state index is -4.54. The zero-order valence-electron chi connectivity index (χ0n) is 23.3. The summed E-state index contributed by atoms with van der Waals surface area (Å²) < 4.78 is 67.1. The second-order valence-electron chi connectivity index (χ2n) is 10.6. The van der Waals surface area contributed by atoms with Crippen molar-refractivity contribution in [3.63, 3.8) is 0 Å². The van der Waals surface area contributed by atoms with E-state index in [4.69, 9.17) is 0 Å². The molecule has 1 aliphatic rings. The summed E-state index contributed by atoms with van der Waals surface area (Å²) in [4.78, 5) is 23.7. The van der Waals surface area contributed by atoms with E-state index in [1.165, 1.54) is 0 Å². The van der Waals surface area contributed by atoms with Gasteiger partial charge < -0.3 is 5.32 Å². The Hall–Kier alpha value is -4.71. The number of hydrogen-bond acceptors (Lipinski definition) is 5. The van der Waals surface area contributed by atoms with Gasteiger partial charge in [0.25, 0.3) is 15.7 Å². The van der Waals surface area contributed by atoms with E-state index >= 15 is 0 Å². The summed E-state index contributed by atoms with van der Waals surface area (Å²) in [5, 5.41) is 13.0. The van der Waals surface area contributed by atoms with Crippen LogP contribution in [0.4, 0.5) is 24.5 Å². The number of non-ortho nitro benzene ring substituents is 1. The highest BCUT2D eigenvalue weighted by Crippen LogP contribution is 2.51. The van der Waals surface area contributed by atoms with Crippen molar-refractivity contribution in [2.45, 2.75) is 42.2 Å². The molecule has 0 bridgehead atoms. The number of fused-ring (bicyclic) bond motifs is 3. The van der Waals surface area contributed by atoms with E-state index in [2.05, 4.69) is 10.0 Å². The number of rotatable bonds is 11. The van der Waals surface area contributed by atoms with E-state index in [0.29, 0.717) is 42.5 Å². The number of carbonyl (C=O) groups excluding carboxylic acids is 1. The molecule has 0 aromatic heterocycles. The van der Waals surface area contributed by atoms with E-state index in [1.807, 2.05) is 24.3 Å². The number of carbonyl (C=O) groups is 1. The summed E-state index contributed by atoms with van der Waals surface area (Å²) >= 11 is 0. The molecule has 0 fully saturated rings. The van der Waals surface area contributed by atoms with Crippen molar-refractivity contribution < 1.29 is 31.3 Å². The van der Waals surface area contributed by atoms with Crippen LogP contribution in [0.5, 0.6) is 0 Å². The van der Waals surface area contributed by atoms with E-state index in [1.54, 1.807) is 48.5 Å². The van der Waals surface area contributed by atoms with E-state index in [0.717, 1.165) is 41.0 Å². The van der Waals surface area contributed by atoms with Gasteiger partial charge in [0.1, 0.15) is 12.0 Å². The zero-order chi connectivity index (χ0) is 31.5. The molecule has 0 heterocycles. The lowest BCUT2D eigenvalue weighted by Crippen LogP contribution is -2.47. The number of nitrogens with one attached hydrogen (secondary N) is 2. The molecule has 0 saturated carbocycles. The summed E-state index contributed by atoms with van der Waals surface area (Å²) in [5.74, 6) is -0.683. The molecule has 0 atom stereocenters. The minimum absolute atomic E-state index is 0.115. The Balaban J connectivity index is 1.27. The topological polar surface area (TPSA) is 118 Å². The molecule has 1 amide bonds. The molecule has 0 saturated heterocycles. The quantitative estimate of drug-likeness (QED) is 0.109. The van der Waals surface area contributed by atoms with Crippen LogP contribution in [0.2, 0.25) is 0 Å². The fourth-order valence-corrected chi connectivity index (χ4v) is 6.76. The van der Waals surface area contributed by atoms with Crippen LogP contribution in [0.3, 0.4) is 0 Å². The molecule has 5 rings (SSSR count). The molecule has 8 nitrogen and oxygen atoms in total. The van der Waals surface area contributed by atoms with Gasteiger partial charge >= 0.3 is 6.18 Å². The second-order valence-corrected chi connectivity index (χ2v) is 12.2. The smallest absolute Gasteiger partial charge is 0.346 e. The lowest BCUT2D eigenvalue weighted by Gasteiger charge is -2.31. The van der Waals surface area contributed by atoms with Gasteiger partial charge in [0.2, 0.25) is 5.91 Å². The summed E-state index contributed by atoms with van der Waals surface area (Å²) in [5.41, 5.74) is 2.77. The first-order chi connectivity index (χ1) is 20.9. The van der Waals surface area contributed by atoms with Crippen LogP contribution in [-0.4, -0.2) is 32.0 Å². The van der Waals surface area contributed by atoms with Gasteiger partial charge in [-0.05, 0) is 71.3 Å². The van der Waals surface area contributed by atoms with Crippen molar-refractivity contribution in [3.05, 3.63) is 124 Å². The number of anilines is 1. The van der Waals surface area contributed by atoms with Crippen LogP contribution in [0.15, 0.2) is 102 Å². The second kappa shape index (κ2) is 12.1. The normalized spacial score (nSPS) is 13.5. The number of nitrogens with zero attached hydrogens (tertiary/aromatic N) is 1. The van der Waals surface area contributed by atoms with Gasteiger partial charge in [0.05, 0.1) is 9.82 Å². The highest BCUT2D eigenvalue weighted by atomic mass is 32.2. The summed E-state index contributed by atoms with van der Waals surface area (Å²) in [6, 6.07) is 25.9. The zero-order valence-corrected chi connectivity index (χ0v) is 24.1. The van der Waals surface area contributed by atoms with Gasteiger partial charge in [-0.25, -0.2) is 8.42 Å². The summed E-state index contributed by atoms with van der Waals surface area (Å²) in [6.45, 7) is -1.42. The molecule has 2 N–H and O–H groups in total. The van der Waals surface area contributed by atoms with Crippen LogP contribution >= 0.6 is 0 Å². The van der Waals surface area contributed by atoms with Crippen molar-refractivity contribution in [3.8, 4) is 11.1 Å². The molecule has 12 heteroatoms. The predicted molar refractivity (Wildman–Crippen MR) is 160 cm³/mol. The lowest BCUT2D eigenvalue weighted by atomic mass is 9.73. The number of benzene rings is 4. The summed E-state index contributed by atoms with van der Waals surface area (Å²) in [6.07, 6.45) is -2.48. The highest BCUT2D eigenvalue weighted by Gasteiger charge is 2.49. The van der Waals surface area contributed by atoms with Crippen LogP contribution < -0.4 is 10.0 Å². The molecule has 228 valence electrons. The number of nitro groups is 1. The molecule has 44 heavy (non-hydrogen) atoms. The SMILES string of the molecule is O=C(NCC(F)(F)F)C1(CCCCc2ccc(NS(=O)(=O)c3ccc([N+](=O)[O-])cc3)cc2)c2ccccc2-c2ccccc21. The molecular weight excluding hydrogens is 595 g/mol. The largest absolute Gasteiger partial charge is 0.405 e. The van der Waals surface area contributed by atoms with Gasteiger partial charge in [-0.3, -0.25) is 19.6 Å². The maximum atomic E-state index is 13.6. The Morgan fingerprint density at radius 3 is 1.93 bits per heavy atom. The number of hydrogen-bond donors (Lipinski definition) is 2. The molecule has 4 aromatic carbocycles. The first-order valence-corrected chi connectivity index (χ1v) is 15.3. The van der Waals surface area contributed by atoms with Crippen molar-refractivity contribution in [2.75, 3.05) is 11.3 Å². The van der Waals surface area contributed by atoms with Crippen LogP contribution in [0.25, 0.3) is 11.1 Å².